The predicted octanol–water partition coefficient (Wildman–Crippen LogP) is 3.46. The Balaban J connectivity index is 1.98. The zero-order valence-corrected chi connectivity index (χ0v) is 14.0. The molecule has 0 fully saturated rings. The first-order valence-corrected chi connectivity index (χ1v) is 8.35. The van der Waals surface area contributed by atoms with Crippen LogP contribution in [-0.4, -0.2) is 17.6 Å². The number of carbonyl (C=O) groups excluding carboxylic acids is 2. The molecule has 3 N–H and O–H groups in total. The number of rotatable bonds is 6. The molecule has 0 radical (unpaired) electrons. The Bertz CT molecular complexity index is 701. The maximum absolute atomic E-state index is 12.3. The lowest BCUT2D eigenvalue weighted by Gasteiger charge is -2.14. The van der Waals surface area contributed by atoms with Crippen LogP contribution in [-0.2, 0) is 4.79 Å². The highest BCUT2D eigenvalue weighted by Crippen LogP contribution is 2.23. The molecule has 2 rings (SSSR count). The van der Waals surface area contributed by atoms with Gasteiger partial charge in [-0.3, -0.25) is 9.59 Å². The molecule has 0 spiro atoms. The molecule has 0 saturated carbocycles. The molecule has 120 valence electrons. The van der Waals surface area contributed by atoms with Crippen molar-refractivity contribution in [3.05, 3.63) is 59.7 Å². The van der Waals surface area contributed by atoms with E-state index in [2.05, 4.69) is 5.32 Å². The average Bonchev–Trinajstić information content (AvgIpc) is 2.55. The minimum atomic E-state index is -0.494. The Morgan fingerprint density at radius 3 is 2.48 bits per heavy atom. The molecule has 0 heterocycles. The van der Waals surface area contributed by atoms with E-state index < -0.39 is 5.91 Å². The molecule has 4 nitrogen and oxygen atoms in total. The molecule has 0 aliphatic rings. The molecule has 2 amide bonds. The number of thioether (sulfide) groups is 1. The van der Waals surface area contributed by atoms with E-state index in [1.165, 1.54) is 0 Å². The van der Waals surface area contributed by atoms with Crippen molar-refractivity contribution in [3.8, 4) is 0 Å². The second kappa shape index (κ2) is 7.83. The van der Waals surface area contributed by atoms with Crippen LogP contribution in [0.25, 0.3) is 0 Å². The zero-order chi connectivity index (χ0) is 16.8. The third kappa shape index (κ3) is 4.60. The van der Waals surface area contributed by atoms with Crippen molar-refractivity contribution in [1.82, 2.24) is 0 Å². The second-order valence-corrected chi connectivity index (χ2v) is 6.45. The topological polar surface area (TPSA) is 72.2 Å². The summed E-state index contributed by atoms with van der Waals surface area (Å²) in [6.45, 7) is 3.66. The van der Waals surface area contributed by atoms with Crippen LogP contribution in [0.1, 0.15) is 22.8 Å². The first-order chi connectivity index (χ1) is 11.0. The van der Waals surface area contributed by atoms with Crippen LogP contribution in [0.3, 0.4) is 0 Å². The van der Waals surface area contributed by atoms with Crippen molar-refractivity contribution < 1.29 is 9.59 Å². The smallest absolute Gasteiger partial charge is 0.249 e. The number of hydrogen-bond acceptors (Lipinski definition) is 3. The number of amides is 2. The van der Waals surface area contributed by atoms with Crippen LogP contribution in [0, 0.1) is 12.8 Å². The standard InChI is InChI=1S/C18H20N2O2S/c1-12(11-23-14-7-4-3-5-8-14)18(22)20-16-10-6-9-15(13(16)2)17(19)21/h3-10,12H,11H2,1-2H3,(H2,19,21)(H,20,22)/t12-/m0/s1. The van der Waals surface area contributed by atoms with Crippen molar-refractivity contribution in [2.45, 2.75) is 18.7 Å². The molecule has 2 aromatic rings. The summed E-state index contributed by atoms with van der Waals surface area (Å²) in [5, 5.41) is 2.88. The molecular formula is C18H20N2O2S. The van der Waals surface area contributed by atoms with Crippen molar-refractivity contribution >= 4 is 29.3 Å². The summed E-state index contributed by atoms with van der Waals surface area (Å²) < 4.78 is 0. The maximum Gasteiger partial charge on any atom is 0.249 e. The Labute approximate surface area is 140 Å². The average molecular weight is 328 g/mol. The first kappa shape index (κ1) is 17.1. The van der Waals surface area contributed by atoms with Crippen molar-refractivity contribution in [1.29, 1.82) is 0 Å². The zero-order valence-electron chi connectivity index (χ0n) is 13.2. The van der Waals surface area contributed by atoms with Gasteiger partial charge in [0, 0.05) is 27.8 Å². The normalized spacial score (nSPS) is 11.7. The lowest BCUT2D eigenvalue weighted by Crippen LogP contribution is -2.23. The van der Waals surface area contributed by atoms with E-state index in [4.69, 9.17) is 5.73 Å². The third-order valence-corrected chi connectivity index (χ3v) is 4.82. The highest BCUT2D eigenvalue weighted by molar-refractivity contribution is 7.99. The lowest BCUT2D eigenvalue weighted by molar-refractivity contribution is -0.118. The molecule has 23 heavy (non-hydrogen) atoms. The molecule has 0 bridgehead atoms. The van der Waals surface area contributed by atoms with Gasteiger partial charge in [0.15, 0.2) is 0 Å². The molecule has 2 aromatic carbocycles. The summed E-state index contributed by atoms with van der Waals surface area (Å²) >= 11 is 1.64. The highest BCUT2D eigenvalue weighted by Gasteiger charge is 2.16. The van der Waals surface area contributed by atoms with Gasteiger partial charge >= 0.3 is 0 Å². The van der Waals surface area contributed by atoms with Crippen LogP contribution in [0.5, 0.6) is 0 Å². The first-order valence-electron chi connectivity index (χ1n) is 7.37. The number of anilines is 1. The molecule has 0 aliphatic heterocycles. The highest BCUT2D eigenvalue weighted by atomic mass is 32.2. The van der Waals surface area contributed by atoms with Crippen molar-refractivity contribution in [2.24, 2.45) is 11.7 Å². The van der Waals surface area contributed by atoms with Gasteiger partial charge in [0.1, 0.15) is 0 Å². The number of nitrogens with one attached hydrogen (secondary N) is 1. The van der Waals surface area contributed by atoms with Gasteiger partial charge in [-0.2, -0.15) is 0 Å². The maximum atomic E-state index is 12.3. The molecular weight excluding hydrogens is 308 g/mol. The molecule has 5 heteroatoms. The van der Waals surface area contributed by atoms with E-state index in [-0.39, 0.29) is 11.8 Å². The third-order valence-electron chi connectivity index (χ3n) is 3.55. The van der Waals surface area contributed by atoms with E-state index in [0.29, 0.717) is 22.6 Å². The summed E-state index contributed by atoms with van der Waals surface area (Å²) in [5.74, 6) is -0.0361. The van der Waals surface area contributed by atoms with E-state index in [1.807, 2.05) is 37.3 Å². The van der Waals surface area contributed by atoms with Crippen molar-refractivity contribution in [2.75, 3.05) is 11.1 Å². The minimum absolute atomic E-state index is 0.0712. The van der Waals surface area contributed by atoms with E-state index >= 15 is 0 Å². The van der Waals surface area contributed by atoms with Gasteiger partial charge in [-0.25, -0.2) is 0 Å². The van der Waals surface area contributed by atoms with Crippen LogP contribution in [0.2, 0.25) is 0 Å². The quantitative estimate of drug-likeness (QED) is 0.798. The van der Waals surface area contributed by atoms with Gasteiger partial charge in [0.2, 0.25) is 11.8 Å². The molecule has 0 saturated heterocycles. The Morgan fingerprint density at radius 2 is 1.83 bits per heavy atom. The molecule has 1 atom stereocenters. The van der Waals surface area contributed by atoms with Gasteiger partial charge in [0.05, 0.1) is 0 Å². The van der Waals surface area contributed by atoms with Crippen LogP contribution in [0.4, 0.5) is 5.69 Å². The van der Waals surface area contributed by atoms with Crippen LogP contribution < -0.4 is 11.1 Å². The second-order valence-electron chi connectivity index (χ2n) is 5.36. The Hall–Kier alpha value is -2.27. The minimum Gasteiger partial charge on any atom is -0.366 e. The number of primary amides is 1. The van der Waals surface area contributed by atoms with Gasteiger partial charge in [-0.1, -0.05) is 31.2 Å². The van der Waals surface area contributed by atoms with E-state index in [0.717, 1.165) is 4.90 Å². The fourth-order valence-corrected chi connectivity index (χ4v) is 3.05. The van der Waals surface area contributed by atoms with E-state index in [9.17, 15) is 9.59 Å². The number of hydrogen-bond donors (Lipinski definition) is 2. The summed E-state index contributed by atoms with van der Waals surface area (Å²) in [6.07, 6.45) is 0. The van der Waals surface area contributed by atoms with Gasteiger partial charge in [-0.05, 0) is 36.8 Å². The summed E-state index contributed by atoms with van der Waals surface area (Å²) in [7, 11) is 0. The van der Waals surface area contributed by atoms with Gasteiger partial charge < -0.3 is 11.1 Å². The summed E-state index contributed by atoms with van der Waals surface area (Å²) in [4.78, 5) is 24.8. The largest absolute Gasteiger partial charge is 0.366 e. The SMILES string of the molecule is Cc1c(NC(=O)[C@@H](C)CSc2ccccc2)cccc1C(N)=O. The molecule has 0 aromatic heterocycles. The number of benzene rings is 2. The monoisotopic (exact) mass is 328 g/mol. The fraction of sp³-hybridized carbons (Fsp3) is 0.222. The molecule has 0 aliphatic carbocycles. The predicted molar refractivity (Wildman–Crippen MR) is 94.7 cm³/mol. The lowest BCUT2D eigenvalue weighted by atomic mass is 10.1. The Kier molecular flexibility index (Phi) is 5.82. The summed E-state index contributed by atoms with van der Waals surface area (Å²) in [5.41, 5.74) is 7.07. The van der Waals surface area contributed by atoms with Gasteiger partial charge in [-0.15, -0.1) is 11.8 Å². The van der Waals surface area contributed by atoms with Gasteiger partial charge in [0.25, 0.3) is 0 Å². The Morgan fingerprint density at radius 1 is 1.13 bits per heavy atom. The number of nitrogens with two attached hydrogens (primary N) is 1. The molecule has 0 unspecified atom stereocenters. The van der Waals surface area contributed by atoms with E-state index in [1.54, 1.807) is 36.9 Å². The van der Waals surface area contributed by atoms with Crippen LogP contribution in [0.15, 0.2) is 53.4 Å². The number of carbonyl (C=O) groups is 2. The van der Waals surface area contributed by atoms with Crippen LogP contribution >= 0.6 is 11.8 Å². The summed E-state index contributed by atoms with van der Waals surface area (Å²) in [6, 6.07) is 15.1. The fourth-order valence-electron chi connectivity index (χ4n) is 2.11. The van der Waals surface area contributed by atoms with Crippen molar-refractivity contribution in [3.63, 3.8) is 0 Å².